The topological polar surface area (TPSA) is 35.2 Å². The Bertz CT molecular complexity index is 601. The van der Waals surface area contributed by atoms with E-state index in [-0.39, 0.29) is 4.99 Å². The standard InChI is InChI=1S/C13H9Cl2NOS/c14-9-5-3-7-11(12(9)15)17-10-6-2-1-4-8(10)13(16)18/h1-7H,(H2,16,18). The zero-order valence-corrected chi connectivity index (χ0v) is 11.5. The molecule has 0 aromatic heterocycles. The van der Waals surface area contributed by atoms with Crippen molar-refractivity contribution in [3.8, 4) is 11.5 Å². The molecule has 0 fully saturated rings. The molecule has 0 aliphatic heterocycles. The fourth-order valence-corrected chi connectivity index (χ4v) is 1.94. The summed E-state index contributed by atoms with van der Waals surface area (Å²) in [4.78, 5) is 0.267. The summed E-state index contributed by atoms with van der Waals surface area (Å²) in [6.07, 6.45) is 0. The van der Waals surface area contributed by atoms with Crippen LogP contribution in [0.2, 0.25) is 10.0 Å². The van der Waals surface area contributed by atoms with Crippen molar-refractivity contribution < 1.29 is 4.74 Å². The lowest BCUT2D eigenvalue weighted by molar-refractivity contribution is 0.482. The summed E-state index contributed by atoms with van der Waals surface area (Å²) in [5, 5.41) is 0.791. The SMILES string of the molecule is NC(=S)c1ccccc1Oc1cccc(Cl)c1Cl. The van der Waals surface area contributed by atoms with Crippen molar-refractivity contribution in [2.75, 3.05) is 0 Å². The van der Waals surface area contributed by atoms with Gasteiger partial charge >= 0.3 is 0 Å². The Balaban J connectivity index is 2.40. The van der Waals surface area contributed by atoms with Gasteiger partial charge in [-0.25, -0.2) is 0 Å². The molecule has 0 bridgehead atoms. The first-order valence-electron chi connectivity index (χ1n) is 5.10. The minimum Gasteiger partial charge on any atom is -0.455 e. The van der Waals surface area contributed by atoms with Crippen molar-refractivity contribution in [3.63, 3.8) is 0 Å². The van der Waals surface area contributed by atoms with Gasteiger partial charge in [-0.3, -0.25) is 0 Å². The van der Waals surface area contributed by atoms with E-state index in [9.17, 15) is 0 Å². The van der Waals surface area contributed by atoms with Crippen LogP contribution in [0.4, 0.5) is 0 Å². The molecule has 2 rings (SSSR count). The maximum atomic E-state index is 6.05. The van der Waals surface area contributed by atoms with Gasteiger partial charge in [-0.15, -0.1) is 0 Å². The fraction of sp³-hybridized carbons (Fsp3) is 0. The maximum absolute atomic E-state index is 6.05. The highest BCUT2D eigenvalue weighted by molar-refractivity contribution is 7.80. The molecule has 0 radical (unpaired) electrons. The lowest BCUT2D eigenvalue weighted by Crippen LogP contribution is -2.10. The van der Waals surface area contributed by atoms with Crippen LogP contribution < -0.4 is 10.5 Å². The first-order valence-corrected chi connectivity index (χ1v) is 6.26. The predicted molar refractivity (Wildman–Crippen MR) is 78.9 cm³/mol. The van der Waals surface area contributed by atoms with E-state index in [1.54, 1.807) is 30.3 Å². The summed E-state index contributed by atoms with van der Waals surface area (Å²) in [6.45, 7) is 0. The Hall–Kier alpha value is -1.29. The van der Waals surface area contributed by atoms with Gasteiger partial charge in [0.2, 0.25) is 0 Å². The van der Waals surface area contributed by atoms with Crippen LogP contribution in [-0.2, 0) is 0 Å². The number of thiocarbonyl (C=S) groups is 1. The van der Waals surface area contributed by atoms with Crippen molar-refractivity contribution in [1.29, 1.82) is 0 Å². The summed E-state index contributed by atoms with van der Waals surface area (Å²) in [6, 6.07) is 12.4. The molecule has 0 heterocycles. The van der Waals surface area contributed by atoms with Gasteiger partial charge in [0.25, 0.3) is 0 Å². The van der Waals surface area contributed by atoms with Crippen LogP contribution in [0.3, 0.4) is 0 Å². The molecule has 0 aliphatic carbocycles. The van der Waals surface area contributed by atoms with Crippen LogP contribution in [0.15, 0.2) is 42.5 Å². The third kappa shape index (κ3) is 2.75. The number of hydrogen-bond donors (Lipinski definition) is 1. The Morgan fingerprint density at radius 2 is 1.67 bits per heavy atom. The van der Waals surface area contributed by atoms with Gasteiger partial charge in [-0.2, -0.15) is 0 Å². The molecule has 2 N–H and O–H groups in total. The minimum absolute atomic E-state index is 0.267. The quantitative estimate of drug-likeness (QED) is 0.852. The second-order valence-corrected chi connectivity index (χ2v) is 4.74. The number of nitrogens with two attached hydrogens (primary N) is 1. The average molecular weight is 298 g/mol. The van der Waals surface area contributed by atoms with Crippen molar-refractivity contribution in [2.45, 2.75) is 0 Å². The lowest BCUT2D eigenvalue weighted by Gasteiger charge is -2.11. The molecule has 0 unspecified atom stereocenters. The lowest BCUT2D eigenvalue weighted by atomic mass is 10.2. The van der Waals surface area contributed by atoms with E-state index >= 15 is 0 Å². The zero-order valence-electron chi connectivity index (χ0n) is 9.19. The molecule has 92 valence electrons. The summed E-state index contributed by atoms with van der Waals surface area (Å²) >= 11 is 16.9. The zero-order chi connectivity index (χ0) is 13.1. The van der Waals surface area contributed by atoms with Crippen LogP contribution in [0.1, 0.15) is 5.56 Å². The number of halogens is 2. The molecule has 0 aliphatic rings. The van der Waals surface area contributed by atoms with Crippen molar-refractivity contribution in [2.24, 2.45) is 5.73 Å². The molecule has 0 saturated carbocycles. The summed E-state index contributed by atoms with van der Waals surface area (Å²) in [5.41, 5.74) is 6.28. The minimum atomic E-state index is 0.267. The van der Waals surface area contributed by atoms with E-state index in [1.807, 2.05) is 12.1 Å². The smallest absolute Gasteiger partial charge is 0.147 e. The molecule has 0 spiro atoms. The molecule has 2 aromatic rings. The van der Waals surface area contributed by atoms with Gasteiger partial charge in [0.05, 0.1) is 10.6 Å². The summed E-state index contributed by atoms with van der Waals surface area (Å²) < 4.78 is 5.70. The summed E-state index contributed by atoms with van der Waals surface area (Å²) in [7, 11) is 0. The molecular formula is C13H9Cl2NOS. The molecule has 5 heteroatoms. The second kappa shape index (κ2) is 5.57. The van der Waals surface area contributed by atoms with Crippen LogP contribution in [-0.4, -0.2) is 4.99 Å². The first-order chi connectivity index (χ1) is 8.59. The van der Waals surface area contributed by atoms with Gasteiger partial charge in [-0.05, 0) is 24.3 Å². The number of para-hydroxylation sites is 1. The van der Waals surface area contributed by atoms with Crippen molar-refractivity contribution >= 4 is 40.4 Å². The summed E-state index contributed by atoms with van der Waals surface area (Å²) in [5.74, 6) is 1.02. The van der Waals surface area contributed by atoms with Crippen molar-refractivity contribution in [1.82, 2.24) is 0 Å². The highest BCUT2D eigenvalue weighted by Gasteiger charge is 2.10. The van der Waals surface area contributed by atoms with Gasteiger partial charge in [0.15, 0.2) is 0 Å². The third-order valence-corrected chi connectivity index (χ3v) is 3.31. The van der Waals surface area contributed by atoms with Crippen LogP contribution in [0.5, 0.6) is 11.5 Å². The van der Waals surface area contributed by atoms with Crippen molar-refractivity contribution in [3.05, 3.63) is 58.1 Å². The molecule has 0 saturated heterocycles. The number of rotatable bonds is 3. The average Bonchev–Trinajstić information content (AvgIpc) is 2.35. The Labute approximate surface area is 120 Å². The van der Waals surface area contributed by atoms with Gasteiger partial charge in [0, 0.05) is 0 Å². The molecule has 2 nitrogen and oxygen atoms in total. The maximum Gasteiger partial charge on any atom is 0.147 e. The van der Waals surface area contributed by atoms with E-state index in [0.717, 1.165) is 0 Å². The normalized spacial score (nSPS) is 10.1. The van der Waals surface area contributed by atoms with E-state index in [0.29, 0.717) is 27.1 Å². The van der Waals surface area contributed by atoms with Crippen LogP contribution in [0, 0.1) is 0 Å². The molecule has 0 amide bonds. The Kier molecular flexibility index (Phi) is 4.07. The highest BCUT2D eigenvalue weighted by Crippen LogP contribution is 2.35. The van der Waals surface area contributed by atoms with Crippen LogP contribution in [0.25, 0.3) is 0 Å². The Morgan fingerprint density at radius 1 is 1.00 bits per heavy atom. The predicted octanol–water partition coefficient (Wildman–Crippen LogP) is 4.42. The van der Waals surface area contributed by atoms with E-state index in [2.05, 4.69) is 0 Å². The van der Waals surface area contributed by atoms with E-state index in [4.69, 9.17) is 45.9 Å². The van der Waals surface area contributed by atoms with E-state index < -0.39 is 0 Å². The molecular weight excluding hydrogens is 289 g/mol. The third-order valence-electron chi connectivity index (χ3n) is 2.29. The highest BCUT2D eigenvalue weighted by atomic mass is 35.5. The number of benzene rings is 2. The fourth-order valence-electron chi connectivity index (χ4n) is 1.44. The van der Waals surface area contributed by atoms with Gasteiger partial charge in [-0.1, -0.05) is 53.6 Å². The number of ether oxygens (including phenoxy) is 1. The molecule has 18 heavy (non-hydrogen) atoms. The first kappa shape index (κ1) is 13.1. The monoisotopic (exact) mass is 297 g/mol. The van der Waals surface area contributed by atoms with Crippen LogP contribution >= 0.6 is 35.4 Å². The second-order valence-electron chi connectivity index (χ2n) is 3.51. The largest absolute Gasteiger partial charge is 0.455 e. The number of hydrogen-bond acceptors (Lipinski definition) is 2. The Morgan fingerprint density at radius 3 is 2.39 bits per heavy atom. The van der Waals surface area contributed by atoms with E-state index in [1.165, 1.54) is 0 Å². The van der Waals surface area contributed by atoms with Gasteiger partial charge < -0.3 is 10.5 Å². The molecule has 2 aromatic carbocycles. The molecule has 0 atom stereocenters. The van der Waals surface area contributed by atoms with Gasteiger partial charge in [0.1, 0.15) is 21.5 Å².